The molecule has 0 aliphatic rings. The van der Waals surface area contributed by atoms with Gasteiger partial charge in [0.25, 0.3) is 0 Å². The minimum Gasteiger partial charge on any atom is -0.385 e. The first kappa shape index (κ1) is 20.0. The predicted octanol–water partition coefficient (Wildman–Crippen LogP) is 8.14. The highest BCUT2D eigenvalue weighted by Gasteiger charge is 2.04. The quantitative estimate of drug-likeness (QED) is 0.336. The van der Waals surface area contributed by atoms with Crippen LogP contribution in [0, 0.1) is 0 Å². The van der Waals surface area contributed by atoms with E-state index in [0.717, 1.165) is 6.54 Å². The lowest BCUT2D eigenvalue weighted by Crippen LogP contribution is -2.02. The van der Waals surface area contributed by atoms with Crippen molar-refractivity contribution in [1.82, 2.24) is 0 Å². The standard InChI is InChI=1S/C23H35NS/c1-2-3-4-5-6-7-8-9-10-11-14-18-24-23-16-13-12-15-22(23)21-17-19-25-20-21/h12-13,15-17,19-20,24H,2-11,14,18H2,1H3. The number of hydrogen-bond acceptors (Lipinski definition) is 2. The van der Waals surface area contributed by atoms with Crippen LogP contribution in [0.3, 0.4) is 0 Å². The van der Waals surface area contributed by atoms with Crippen molar-refractivity contribution in [1.29, 1.82) is 0 Å². The summed E-state index contributed by atoms with van der Waals surface area (Å²) in [6, 6.07) is 10.9. The SMILES string of the molecule is CCCCCCCCCCCCCNc1ccccc1-c1ccsc1. The van der Waals surface area contributed by atoms with Gasteiger partial charge in [-0.05, 0) is 34.9 Å². The van der Waals surface area contributed by atoms with E-state index in [4.69, 9.17) is 0 Å². The Morgan fingerprint density at radius 1 is 0.760 bits per heavy atom. The molecule has 2 aromatic rings. The zero-order valence-electron chi connectivity index (χ0n) is 15.9. The molecule has 1 heterocycles. The van der Waals surface area contributed by atoms with Crippen LogP contribution in [0.5, 0.6) is 0 Å². The van der Waals surface area contributed by atoms with Crippen molar-refractivity contribution < 1.29 is 0 Å². The molecule has 25 heavy (non-hydrogen) atoms. The fourth-order valence-corrected chi connectivity index (χ4v) is 3.97. The Labute approximate surface area is 158 Å². The molecule has 0 amide bonds. The topological polar surface area (TPSA) is 12.0 Å². The summed E-state index contributed by atoms with van der Waals surface area (Å²) in [6.45, 7) is 3.37. The van der Waals surface area contributed by atoms with Gasteiger partial charge in [-0.25, -0.2) is 0 Å². The highest BCUT2D eigenvalue weighted by molar-refractivity contribution is 7.08. The van der Waals surface area contributed by atoms with E-state index >= 15 is 0 Å². The van der Waals surface area contributed by atoms with Crippen LogP contribution in [0.15, 0.2) is 41.1 Å². The van der Waals surface area contributed by atoms with E-state index in [1.807, 2.05) is 0 Å². The molecule has 0 aliphatic heterocycles. The van der Waals surface area contributed by atoms with Crippen molar-refractivity contribution >= 4 is 17.0 Å². The van der Waals surface area contributed by atoms with E-state index in [9.17, 15) is 0 Å². The van der Waals surface area contributed by atoms with Crippen molar-refractivity contribution in [3.63, 3.8) is 0 Å². The van der Waals surface area contributed by atoms with Gasteiger partial charge < -0.3 is 5.32 Å². The first-order valence-corrected chi connectivity index (χ1v) is 11.2. The Morgan fingerprint density at radius 2 is 1.40 bits per heavy atom. The second-order valence-corrected chi connectivity index (χ2v) is 7.80. The maximum absolute atomic E-state index is 3.64. The van der Waals surface area contributed by atoms with E-state index in [1.54, 1.807) is 11.3 Å². The summed E-state index contributed by atoms with van der Waals surface area (Å²) in [5.41, 5.74) is 3.92. The normalized spacial score (nSPS) is 10.9. The van der Waals surface area contributed by atoms with E-state index in [-0.39, 0.29) is 0 Å². The van der Waals surface area contributed by atoms with Gasteiger partial charge in [-0.1, -0.05) is 89.3 Å². The molecule has 0 bridgehead atoms. The lowest BCUT2D eigenvalue weighted by atomic mass is 10.1. The van der Waals surface area contributed by atoms with Gasteiger partial charge in [-0.2, -0.15) is 11.3 Å². The maximum Gasteiger partial charge on any atom is 0.0420 e. The average molecular weight is 358 g/mol. The number of unbranched alkanes of at least 4 members (excludes halogenated alkanes) is 10. The van der Waals surface area contributed by atoms with E-state index < -0.39 is 0 Å². The molecule has 1 aromatic heterocycles. The van der Waals surface area contributed by atoms with Gasteiger partial charge in [0.2, 0.25) is 0 Å². The molecule has 0 spiro atoms. The van der Waals surface area contributed by atoms with E-state index in [1.165, 1.54) is 87.4 Å². The molecule has 138 valence electrons. The number of thiophene rings is 1. The van der Waals surface area contributed by atoms with Crippen LogP contribution in [0.25, 0.3) is 11.1 Å². The van der Waals surface area contributed by atoms with Crippen molar-refractivity contribution in [2.24, 2.45) is 0 Å². The molecule has 0 saturated carbocycles. The Hall–Kier alpha value is -1.28. The molecular formula is C23H35NS. The summed E-state index contributed by atoms with van der Waals surface area (Å²) < 4.78 is 0. The summed E-state index contributed by atoms with van der Waals surface area (Å²) in [4.78, 5) is 0. The van der Waals surface area contributed by atoms with Crippen molar-refractivity contribution in [2.75, 3.05) is 11.9 Å². The molecule has 0 aliphatic carbocycles. The lowest BCUT2D eigenvalue weighted by Gasteiger charge is -2.11. The number of anilines is 1. The van der Waals surface area contributed by atoms with Crippen LogP contribution in [0.4, 0.5) is 5.69 Å². The maximum atomic E-state index is 3.64. The molecule has 2 heteroatoms. The van der Waals surface area contributed by atoms with Crippen LogP contribution in [0.1, 0.15) is 77.6 Å². The molecule has 0 atom stereocenters. The summed E-state index contributed by atoms with van der Waals surface area (Å²) in [5.74, 6) is 0. The van der Waals surface area contributed by atoms with Gasteiger partial charge in [0.15, 0.2) is 0 Å². The van der Waals surface area contributed by atoms with Gasteiger partial charge in [-0.3, -0.25) is 0 Å². The predicted molar refractivity (Wildman–Crippen MR) is 115 cm³/mol. The van der Waals surface area contributed by atoms with Crippen LogP contribution < -0.4 is 5.32 Å². The monoisotopic (exact) mass is 357 g/mol. The largest absolute Gasteiger partial charge is 0.385 e. The lowest BCUT2D eigenvalue weighted by molar-refractivity contribution is 0.552. The first-order valence-electron chi connectivity index (χ1n) is 10.3. The fourth-order valence-electron chi connectivity index (χ4n) is 3.32. The number of rotatable bonds is 14. The molecule has 1 N–H and O–H groups in total. The van der Waals surface area contributed by atoms with Crippen molar-refractivity contribution in [3.8, 4) is 11.1 Å². The molecule has 0 radical (unpaired) electrons. The summed E-state index contributed by atoms with van der Waals surface area (Å²) >= 11 is 1.76. The Bertz CT molecular complexity index is 547. The first-order chi connectivity index (χ1) is 12.4. The van der Waals surface area contributed by atoms with Gasteiger partial charge >= 0.3 is 0 Å². The Morgan fingerprint density at radius 3 is 2.04 bits per heavy atom. The molecule has 0 saturated heterocycles. The van der Waals surface area contributed by atoms with E-state index in [2.05, 4.69) is 53.3 Å². The molecule has 0 unspecified atom stereocenters. The Kier molecular flexibility index (Phi) is 10.4. The zero-order chi connectivity index (χ0) is 17.6. The fraction of sp³-hybridized carbons (Fsp3) is 0.565. The summed E-state index contributed by atoms with van der Waals surface area (Å²) in [7, 11) is 0. The molecule has 2 rings (SSSR count). The number of nitrogens with one attached hydrogen (secondary N) is 1. The third-order valence-corrected chi connectivity index (χ3v) is 5.54. The number of benzene rings is 1. The number of hydrogen-bond donors (Lipinski definition) is 1. The molecule has 1 aromatic carbocycles. The van der Waals surface area contributed by atoms with Crippen molar-refractivity contribution in [2.45, 2.75) is 77.6 Å². The third-order valence-electron chi connectivity index (χ3n) is 4.86. The van der Waals surface area contributed by atoms with Crippen molar-refractivity contribution in [3.05, 3.63) is 41.1 Å². The summed E-state index contributed by atoms with van der Waals surface area (Å²) in [6.07, 6.45) is 15.4. The smallest absolute Gasteiger partial charge is 0.0420 e. The minimum absolute atomic E-state index is 1.08. The third kappa shape index (κ3) is 8.09. The van der Waals surface area contributed by atoms with Gasteiger partial charge in [0.05, 0.1) is 0 Å². The van der Waals surface area contributed by atoms with Gasteiger partial charge in [0, 0.05) is 17.8 Å². The zero-order valence-corrected chi connectivity index (χ0v) is 16.8. The van der Waals surface area contributed by atoms with Crippen LogP contribution in [-0.2, 0) is 0 Å². The number of para-hydroxylation sites is 1. The van der Waals surface area contributed by atoms with Crippen LogP contribution in [-0.4, -0.2) is 6.54 Å². The van der Waals surface area contributed by atoms with Gasteiger partial charge in [-0.15, -0.1) is 0 Å². The molecule has 1 nitrogen and oxygen atoms in total. The molecular weight excluding hydrogens is 322 g/mol. The second kappa shape index (κ2) is 13.0. The summed E-state index contributed by atoms with van der Waals surface area (Å²) in [5, 5.41) is 8.01. The Balaban J connectivity index is 1.51. The highest BCUT2D eigenvalue weighted by Crippen LogP contribution is 2.29. The average Bonchev–Trinajstić information content (AvgIpc) is 3.17. The van der Waals surface area contributed by atoms with E-state index in [0.29, 0.717) is 0 Å². The van der Waals surface area contributed by atoms with Crippen LogP contribution in [0.2, 0.25) is 0 Å². The second-order valence-electron chi connectivity index (χ2n) is 7.02. The minimum atomic E-state index is 1.08. The molecule has 0 fully saturated rings. The van der Waals surface area contributed by atoms with Crippen LogP contribution >= 0.6 is 11.3 Å². The highest BCUT2D eigenvalue weighted by atomic mass is 32.1. The van der Waals surface area contributed by atoms with Gasteiger partial charge in [0.1, 0.15) is 0 Å².